The molecule has 1 aliphatic rings. The zero-order valence-corrected chi connectivity index (χ0v) is 7.98. The van der Waals surface area contributed by atoms with Gasteiger partial charge in [-0.05, 0) is 6.07 Å². The molecule has 0 bridgehead atoms. The summed E-state index contributed by atoms with van der Waals surface area (Å²) in [7, 11) is 0. The molecule has 1 N–H and O–H groups in total. The van der Waals surface area contributed by atoms with Gasteiger partial charge in [0.25, 0.3) is 0 Å². The van der Waals surface area contributed by atoms with E-state index in [-0.39, 0.29) is 30.4 Å². The first-order chi connectivity index (χ1) is 7.16. The van der Waals surface area contributed by atoms with E-state index in [1.165, 1.54) is 17.2 Å². The number of carbonyl (C=O) groups is 1. The highest BCUT2D eigenvalue weighted by molar-refractivity contribution is 5.82. The Labute approximate surface area is 86.4 Å². The van der Waals surface area contributed by atoms with Crippen LogP contribution in [0.15, 0.2) is 36.2 Å². The summed E-state index contributed by atoms with van der Waals surface area (Å²) in [4.78, 5) is 12.6. The van der Waals surface area contributed by atoms with Gasteiger partial charge < -0.3 is 10.0 Å². The van der Waals surface area contributed by atoms with Crippen LogP contribution in [0, 0.1) is 5.82 Å². The number of aliphatic hydroxyl groups is 1. The minimum Gasteiger partial charge on any atom is -0.510 e. The van der Waals surface area contributed by atoms with Gasteiger partial charge in [-0.15, -0.1) is 0 Å². The van der Waals surface area contributed by atoms with E-state index in [1.807, 2.05) is 0 Å². The van der Waals surface area contributed by atoms with Crippen molar-refractivity contribution in [2.75, 3.05) is 0 Å². The summed E-state index contributed by atoms with van der Waals surface area (Å²) in [6.07, 6.45) is 1.35. The average molecular weight is 207 g/mol. The topological polar surface area (TPSA) is 40.5 Å². The van der Waals surface area contributed by atoms with Crippen molar-refractivity contribution in [3.8, 4) is 0 Å². The third kappa shape index (κ3) is 1.98. The SMILES string of the molecule is O=C1CC(O)=CN1Cc1ccccc1F. The molecule has 0 unspecified atom stereocenters. The third-order valence-corrected chi connectivity index (χ3v) is 2.26. The lowest BCUT2D eigenvalue weighted by Gasteiger charge is -2.13. The van der Waals surface area contributed by atoms with Gasteiger partial charge in [0.15, 0.2) is 0 Å². The number of rotatable bonds is 2. The van der Waals surface area contributed by atoms with E-state index in [1.54, 1.807) is 18.2 Å². The molecular formula is C11H10FNO2. The predicted molar refractivity (Wildman–Crippen MR) is 52.3 cm³/mol. The number of benzene rings is 1. The van der Waals surface area contributed by atoms with Crippen LogP contribution in [0.5, 0.6) is 0 Å². The summed E-state index contributed by atoms with van der Waals surface area (Å²) in [6, 6.07) is 6.27. The first-order valence-electron chi connectivity index (χ1n) is 4.59. The van der Waals surface area contributed by atoms with Crippen molar-refractivity contribution in [1.29, 1.82) is 0 Å². The molecule has 0 atom stereocenters. The quantitative estimate of drug-likeness (QED) is 0.805. The molecule has 0 radical (unpaired) electrons. The van der Waals surface area contributed by atoms with Crippen LogP contribution in [0.1, 0.15) is 12.0 Å². The van der Waals surface area contributed by atoms with E-state index in [4.69, 9.17) is 5.11 Å². The van der Waals surface area contributed by atoms with Gasteiger partial charge in [0.05, 0.1) is 13.0 Å². The Morgan fingerprint density at radius 2 is 2.13 bits per heavy atom. The van der Waals surface area contributed by atoms with E-state index in [2.05, 4.69) is 0 Å². The number of nitrogens with zero attached hydrogens (tertiary/aromatic N) is 1. The maximum atomic E-state index is 13.2. The highest BCUT2D eigenvalue weighted by atomic mass is 19.1. The average Bonchev–Trinajstić information content (AvgIpc) is 2.49. The fraction of sp³-hybridized carbons (Fsp3) is 0.182. The van der Waals surface area contributed by atoms with Crippen LogP contribution in [0.25, 0.3) is 0 Å². The molecule has 0 saturated heterocycles. The highest BCUT2D eigenvalue weighted by Gasteiger charge is 2.21. The lowest BCUT2D eigenvalue weighted by molar-refractivity contribution is -0.127. The Morgan fingerprint density at radius 1 is 1.40 bits per heavy atom. The maximum Gasteiger partial charge on any atom is 0.234 e. The minimum absolute atomic E-state index is 0.00839. The normalized spacial score (nSPS) is 15.7. The van der Waals surface area contributed by atoms with Crippen molar-refractivity contribution in [3.63, 3.8) is 0 Å². The van der Waals surface area contributed by atoms with Gasteiger partial charge >= 0.3 is 0 Å². The largest absolute Gasteiger partial charge is 0.510 e. The van der Waals surface area contributed by atoms with Crippen molar-refractivity contribution >= 4 is 5.91 Å². The van der Waals surface area contributed by atoms with Crippen LogP contribution in [-0.2, 0) is 11.3 Å². The Kier molecular flexibility index (Phi) is 2.41. The molecule has 2 rings (SSSR count). The summed E-state index contributed by atoms with van der Waals surface area (Å²) in [5, 5.41) is 9.12. The molecular weight excluding hydrogens is 197 g/mol. The van der Waals surface area contributed by atoms with Crippen LogP contribution >= 0.6 is 0 Å². The Hall–Kier alpha value is -1.84. The fourth-order valence-electron chi connectivity index (χ4n) is 1.50. The molecule has 0 aliphatic carbocycles. The van der Waals surface area contributed by atoms with Gasteiger partial charge in [-0.25, -0.2) is 4.39 Å². The second-order valence-corrected chi connectivity index (χ2v) is 3.41. The number of halogens is 1. The summed E-state index contributed by atoms with van der Waals surface area (Å²) < 4.78 is 13.2. The molecule has 15 heavy (non-hydrogen) atoms. The number of carbonyl (C=O) groups excluding carboxylic acids is 1. The Morgan fingerprint density at radius 3 is 2.73 bits per heavy atom. The van der Waals surface area contributed by atoms with Gasteiger partial charge in [0.1, 0.15) is 11.6 Å². The van der Waals surface area contributed by atoms with Crippen molar-refractivity contribution in [3.05, 3.63) is 47.6 Å². The summed E-state index contributed by atoms with van der Waals surface area (Å²) in [5.74, 6) is -0.530. The lowest BCUT2D eigenvalue weighted by atomic mass is 10.2. The summed E-state index contributed by atoms with van der Waals surface area (Å²) in [5.41, 5.74) is 0.441. The number of hydrogen-bond donors (Lipinski definition) is 1. The molecule has 1 aliphatic heterocycles. The molecule has 4 heteroatoms. The fourth-order valence-corrected chi connectivity index (χ4v) is 1.50. The second kappa shape index (κ2) is 3.73. The lowest BCUT2D eigenvalue weighted by Crippen LogP contribution is -2.20. The Bertz CT molecular complexity index is 428. The number of amides is 1. The zero-order chi connectivity index (χ0) is 10.8. The predicted octanol–water partition coefficient (Wildman–Crippen LogP) is 1.96. The molecule has 1 aromatic rings. The standard InChI is InChI=1S/C11H10FNO2/c12-10-4-2-1-3-8(10)6-13-7-9(14)5-11(13)15/h1-4,7,14H,5-6H2. The van der Waals surface area contributed by atoms with Crippen LogP contribution in [0.2, 0.25) is 0 Å². The van der Waals surface area contributed by atoms with Crippen LogP contribution in [0.3, 0.4) is 0 Å². The van der Waals surface area contributed by atoms with Crippen LogP contribution < -0.4 is 0 Å². The van der Waals surface area contributed by atoms with Crippen molar-refractivity contribution in [1.82, 2.24) is 4.90 Å². The van der Waals surface area contributed by atoms with Crippen molar-refractivity contribution < 1.29 is 14.3 Å². The molecule has 1 amide bonds. The highest BCUT2D eigenvalue weighted by Crippen LogP contribution is 2.17. The van der Waals surface area contributed by atoms with E-state index in [9.17, 15) is 9.18 Å². The molecule has 1 heterocycles. The first kappa shape index (κ1) is 9.71. The third-order valence-electron chi connectivity index (χ3n) is 2.26. The first-order valence-corrected chi connectivity index (χ1v) is 4.59. The molecule has 3 nitrogen and oxygen atoms in total. The van der Waals surface area contributed by atoms with Crippen LogP contribution in [0.4, 0.5) is 4.39 Å². The zero-order valence-electron chi connectivity index (χ0n) is 7.98. The maximum absolute atomic E-state index is 13.2. The molecule has 0 saturated carbocycles. The van der Waals surface area contributed by atoms with Gasteiger partial charge in [0, 0.05) is 11.8 Å². The molecule has 78 valence electrons. The van der Waals surface area contributed by atoms with E-state index in [0.29, 0.717) is 5.56 Å². The van der Waals surface area contributed by atoms with Crippen molar-refractivity contribution in [2.24, 2.45) is 0 Å². The second-order valence-electron chi connectivity index (χ2n) is 3.41. The van der Waals surface area contributed by atoms with Gasteiger partial charge in [-0.2, -0.15) is 0 Å². The van der Waals surface area contributed by atoms with E-state index >= 15 is 0 Å². The molecule has 0 fully saturated rings. The van der Waals surface area contributed by atoms with Gasteiger partial charge in [-0.1, -0.05) is 18.2 Å². The minimum atomic E-state index is -0.343. The summed E-state index contributed by atoms with van der Waals surface area (Å²) >= 11 is 0. The van der Waals surface area contributed by atoms with Crippen LogP contribution in [-0.4, -0.2) is 15.9 Å². The van der Waals surface area contributed by atoms with E-state index in [0.717, 1.165) is 0 Å². The molecule has 0 aromatic heterocycles. The van der Waals surface area contributed by atoms with Gasteiger partial charge in [-0.3, -0.25) is 4.79 Å². The number of aliphatic hydroxyl groups excluding tert-OH is 1. The monoisotopic (exact) mass is 207 g/mol. The summed E-state index contributed by atoms with van der Waals surface area (Å²) in [6.45, 7) is 0.162. The molecule has 0 spiro atoms. The Balaban J connectivity index is 2.16. The van der Waals surface area contributed by atoms with E-state index < -0.39 is 0 Å². The van der Waals surface area contributed by atoms with Gasteiger partial charge in [0.2, 0.25) is 5.91 Å². The smallest absolute Gasteiger partial charge is 0.234 e. The number of hydrogen-bond acceptors (Lipinski definition) is 2. The van der Waals surface area contributed by atoms with Crippen molar-refractivity contribution in [2.45, 2.75) is 13.0 Å². The molecule has 1 aromatic carbocycles.